The Labute approximate surface area is 67.5 Å². The first kappa shape index (κ1) is 9.75. The van der Waals surface area contributed by atoms with Crippen molar-refractivity contribution in [3.8, 4) is 0 Å². The molecule has 0 aromatic rings. The predicted molar refractivity (Wildman–Crippen MR) is 48.0 cm³/mol. The maximum Gasteiger partial charge on any atom is 0.293 e. The number of ether oxygens (including phenoxy) is 1. The highest BCUT2D eigenvalue weighted by Crippen LogP contribution is 1.92. The third kappa shape index (κ3) is 5.21. The van der Waals surface area contributed by atoms with E-state index in [2.05, 4.69) is 17.9 Å². The van der Waals surface area contributed by atoms with Crippen LogP contribution in [-0.2, 0) is 4.74 Å². The Morgan fingerprint density at radius 3 is 2.73 bits per heavy atom. The zero-order valence-electron chi connectivity index (χ0n) is 6.67. The summed E-state index contributed by atoms with van der Waals surface area (Å²) < 4.78 is 4.44. The first-order valence-electron chi connectivity index (χ1n) is 3.24. The highest BCUT2D eigenvalue weighted by Gasteiger charge is 2.02. The Hall–Kier alpha value is -1.25. The van der Waals surface area contributed by atoms with Gasteiger partial charge >= 0.3 is 0 Å². The summed E-state index contributed by atoms with van der Waals surface area (Å²) in [6.07, 6.45) is 5.08. The van der Waals surface area contributed by atoms with E-state index in [4.69, 9.17) is 0 Å². The van der Waals surface area contributed by atoms with E-state index in [0.29, 0.717) is 0 Å². The molecule has 0 aliphatic rings. The maximum absolute atomic E-state index is 10.6. The van der Waals surface area contributed by atoms with E-state index in [-0.39, 0.29) is 13.1 Å². The highest BCUT2D eigenvalue weighted by molar-refractivity contribution is 6.78. The van der Waals surface area contributed by atoms with Gasteiger partial charge in [-0.05, 0) is 0 Å². The van der Waals surface area contributed by atoms with Gasteiger partial charge in [-0.2, -0.15) is 0 Å². The smallest absolute Gasteiger partial charge is 0.293 e. The normalized spacial score (nSPS) is 9.18. The summed E-state index contributed by atoms with van der Waals surface area (Å²) >= 11 is 0. The molecule has 0 aliphatic carbocycles. The van der Waals surface area contributed by atoms with Crippen LogP contribution in [0.25, 0.3) is 0 Å². The number of allylic oxidation sites excluding steroid dienone is 4. The van der Waals surface area contributed by atoms with E-state index >= 15 is 0 Å². The molecule has 11 heavy (non-hydrogen) atoms. The molecule has 0 atom stereocenters. The van der Waals surface area contributed by atoms with Gasteiger partial charge in [0.25, 0.3) is 13.1 Å². The average molecular weight is 150 g/mol. The van der Waals surface area contributed by atoms with E-state index < -0.39 is 0 Å². The molecule has 0 N–H and O–H groups in total. The van der Waals surface area contributed by atoms with Crippen molar-refractivity contribution < 1.29 is 9.53 Å². The predicted octanol–water partition coefficient (Wildman–Crippen LogP) is 1.45. The molecular weight excluding hydrogens is 139 g/mol. The van der Waals surface area contributed by atoms with Crippen molar-refractivity contribution in [1.82, 2.24) is 0 Å². The third-order valence-corrected chi connectivity index (χ3v) is 1.07. The molecule has 0 rings (SSSR count). The lowest BCUT2D eigenvalue weighted by Crippen LogP contribution is -2.09. The average Bonchev–Trinajstić information content (AvgIpc) is 2.00. The molecule has 0 fully saturated rings. The van der Waals surface area contributed by atoms with Crippen molar-refractivity contribution in [2.75, 3.05) is 7.11 Å². The molecule has 0 saturated heterocycles. The highest BCUT2D eigenvalue weighted by atomic mass is 16.5. The Bertz CT molecular complexity index is 194. The van der Waals surface area contributed by atoms with E-state index in [1.165, 1.54) is 7.11 Å². The second kappa shape index (κ2) is 5.53. The molecule has 0 radical (unpaired) electrons. The number of carbonyl (C=O) groups is 1. The third-order valence-electron chi connectivity index (χ3n) is 1.07. The van der Waals surface area contributed by atoms with Crippen LogP contribution in [-0.4, -0.2) is 20.3 Å². The number of methoxy groups -OCH3 is 1. The first-order chi connectivity index (χ1) is 5.20. The fraction of sp³-hybridized carbons (Fsp3) is 0.125. The van der Waals surface area contributed by atoms with E-state index in [0.717, 1.165) is 5.47 Å². The molecule has 0 aromatic heterocycles. The summed E-state index contributed by atoms with van der Waals surface area (Å²) in [6, 6.07) is 0. The molecule has 58 valence electrons. The van der Waals surface area contributed by atoms with Crippen LogP contribution in [0.4, 0.5) is 4.79 Å². The monoisotopic (exact) mass is 150 g/mol. The summed E-state index contributed by atoms with van der Waals surface area (Å²) in [5.74, 6) is -0.274. The molecule has 0 aromatic carbocycles. The fourth-order valence-corrected chi connectivity index (χ4v) is 0.521. The van der Waals surface area contributed by atoms with Gasteiger partial charge in [0.15, 0.2) is 0 Å². The largest absolute Gasteiger partial charge is 0.477 e. The molecule has 0 amide bonds. The van der Waals surface area contributed by atoms with Crippen LogP contribution in [0.5, 0.6) is 0 Å². The van der Waals surface area contributed by atoms with Crippen molar-refractivity contribution in [1.29, 1.82) is 0 Å². The zero-order chi connectivity index (χ0) is 8.69. The molecule has 0 spiro atoms. The Balaban J connectivity index is 3.78. The van der Waals surface area contributed by atoms with Gasteiger partial charge in [-0.1, -0.05) is 30.3 Å². The number of hydrogen-bond donors (Lipinski definition) is 0. The van der Waals surface area contributed by atoms with E-state index in [9.17, 15) is 4.79 Å². The summed E-state index contributed by atoms with van der Waals surface area (Å²) in [4.78, 5) is 10.6. The van der Waals surface area contributed by atoms with Gasteiger partial charge in [0.05, 0.1) is 7.11 Å². The van der Waals surface area contributed by atoms with Gasteiger partial charge in [-0.25, -0.2) is 0 Å². The Morgan fingerprint density at radius 1 is 1.64 bits per heavy atom. The zero-order valence-corrected chi connectivity index (χ0v) is 6.67. The second-order valence-corrected chi connectivity index (χ2v) is 2.01. The van der Waals surface area contributed by atoms with Crippen LogP contribution in [0, 0.1) is 0 Å². The molecule has 3 heteroatoms. The minimum atomic E-state index is -0.274. The Morgan fingerprint density at radius 2 is 2.27 bits per heavy atom. The first-order valence-corrected chi connectivity index (χ1v) is 3.24. The topological polar surface area (TPSA) is 26.3 Å². The van der Waals surface area contributed by atoms with E-state index in [1.54, 1.807) is 18.2 Å². The lowest BCUT2D eigenvalue weighted by Gasteiger charge is -1.94. The molecule has 0 bridgehead atoms. The summed E-state index contributed by atoms with van der Waals surface area (Å²) in [7, 11) is 1.59. The number of hydrogen-bond acceptors (Lipinski definition) is 2. The van der Waals surface area contributed by atoms with Crippen molar-refractivity contribution in [3.63, 3.8) is 0 Å². The van der Waals surface area contributed by atoms with Crippen LogP contribution in [0.3, 0.4) is 0 Å². The van der Waals surface area contributed by atoms with Gasteiger partial charge in [0.1, 0.15) is 0 Å². The lowest BCUT2D eigenvalue weighted by atomic mass is 9.70. The van der Waals surface area contributed by atoms with Crippen molar-refractivity contribution >= 4 is 13.1 Å². The minimum Gasteiger partial charge on any atom is -0.477 e. The van der Waals surface area contributed by atoms with Gasteiger partial charge in [0, 0.05) is 0 Å². The molecule has 0 heterocycles. The number of rotatable bonds is 4. The molecule has 0 aliphatic heterocycles. The minimum absolute atomic E-state index is 0.237. The van der Waals surface area contributed by atoms with Gasteiger partial charge in [-0.15, -0.1) is 6.58 Å². The molecule has 2 nitrogen and oxygen atoms in total. The van der Waals surface area contributed by atoms with Crippen molar-refractivity contribution in [3.05, 3.63) is 36.9 Å². The lowest BCUT2D eigenvalue weighted by molar-refractivity contribution is 0.198. The van der Waals surface area contributed by atoms with Crippen LogP contribution < -0.4 is 0 Å². The van der Waals surface area contributed by atoms with Crippen LogP contribution in [0.15, 0.2) is 36.9 Å². The van der Waals surface area contributed by atoms with Crippen LogP contribution >= 0.6 is 0 Å². The molecule has 0 saturated carbocycles. The summed E-state index contributed by atoms with van der Waals surface area (Å²) in [5, 5.41) is 0. The van der Waals surface area contributed by atoms with Gasteiger partial charge in [-0.3, -0.25) is 4.79 Å². The standard InChI is InChI=1S/C8H11BO2/c1-4-5-6-7(2)9-8(10)11-3/h4-6,9H,1-2H2,3H3/b6-5-. The van der Waals surface area contributed by atoms with Crippen LogP contribution in [0.1, 0.15) is 0 Å². The number of carbonyl (C=O) groups excluding carboxylic acids is 1. The van der Waals surface area contributed by atoms with Crippen molar-refractivity contribution in [2.24, 2.45) is 0 Å². The van der Waals surface area contributed by atoms with Gasteiger partial charge < -0.3 is 4.74 Å². The Kier molecular flexibility index (Phi) is 4.91. The molecular formula is C8H11BO2. The quantitative estimate of drug-likeness (QED) is 0.447. The van der Waals surface area contributed by atoms with Crippen molar-refractivity contribution in [2.45, 2.75) is 0 Å². The molecule has 0 unspecified atom stereocenters. The fourth-order valence-electron chi connectivity index (χ4n) is 0.521. The van der Waals surface area contributed by atoms with E-state index in [1.807, 2.05) is 0 Å². The maximum atomic E-state index is 10.6. The van der Waals surface area contributed by atoms with Gasteiger partial charge in [0.2, 0.25) is 0 Å². The summed E-state index contributed by atoms with van der Waals surface area (Å²) in [6.45, 7) is 7.13. The summed E-state index contributed by atoms with van der Waals surface area (Å²) in [5.41, 5.74) is 0.719. The van der Waals surface area contributed by atoms with Crippen LogP contribution in [0.2, 0.25) is 0 Å². The SMILES string of the molecule is C=C/C=C\C(=C)BC(=O)OC. The second-order valence-electron chi connectivity index (χ2n) is 2.01.